The second-order valence-electron chi connectivity index (χ2n) is 3.26. The third-order valence-corrected chi connectivity index (χ3v) is 1.94. The van der Waals surface area contributed by atoms with Crippen LogP contribution in [0.3, 0.4) is 0 Å². The molecule has 0 radical (unpaired) electrons. The maximum atomic E-state index is 12.6. The lowest BCUT2D eigenvalue weighted by Gasteiger charge is -2.03. The fraction of sp³-hybridized carbons (Fsp3) is 0.182. The topological polar surface area (TPSA) is 37.9 Å². The highest BCUT2D eigenvalue weighted by Crippen LogP contribution is 2.12. The van der Waals surface area contributed by atoms with Crippen molar-refractivity contribution >= 4 is 0 Å². The molecule has 0 spiro atoms. The monoisotopic (exact) mass is 206 g/mol. The first-order valence-corrected chi connectivity index (χ1v) is 4.63. The van der Waals surface area contributed by atoms with Gasteiger partial charge in [-0.25, -0.2) is 9.37 Å². The average Bonchev–Trinajstić information content (AvgIpc) is 2.64. The zero-order valence-electron chi connectivity index (χ0n) is 8.33. The number of hydrogen-bond acceptors (Lipinski definition) is 2. The lowest BCUT2D eigenvalue weighted by molar-refractivity contribution is 0.296. The molecule has 78 valence electrons. The normalized spacial score (nSPS) is 10.3. The molecule has 0 atom stereocenters. The van der Waals surface area contributed by atoms with Crippen LogP contribution >= 0.6 is 0 Å². The maximum absolute atomic E-state index is 12.6. The van der Waals surface area contributed by atoms with Crippen LogP contribution in [0.25, 0.3) is 0 Å². The molecule has 1 aromatic heterocycles. The van der Waals surface area contributed by atoms with Gasteiger partial charge in [0.25, 0.3) is 0 Å². The molecule has 0 saturated heterocycles. The molecule has 0 unspecified atom stereocenters. The van der Waals surface area contributed by atoms with Crippen molar-refractivity contribution in [2.75, 3.05) is 0 Å². The molecule has 1 aromatic carbocycles. The Morgan fingerprint density at radius 3 is 2.67 bits per heavy atom. The van der Waals surface area contributed by atoms with E-state index in [9.17, 15) is 4.39 Å². The van der Waals surface area contributed by atoms with Gasteiger partial charge < -0.3 is 9.72 Å². The number of ether oxygens (including phenoxy) is 1. The van der Waals surface area contributed by atoms with Crippen molar-refractivity contribution in [2.24, 2.45) is 0 Å². The number of halogens is 1. The summed E-state index contributed by atoms with van der Waals surface area (Å²) in [5.74, 6) is 1.12. The van der Waals surface area contributed by atoms with Crippen molar-refractivity contribution in [1.82, 2.24) is 9.97 Å². The Balaban J connectivity index is 1.96. The molecule has 4 heteroatoms. The van der Waals surface area contributed by atoms with Gasteiger partial charge in [-0.1, -0.05) is 0 Å². The Morgan fingerprint density at radius 2 is 2.07 bits per heavy atom. The number of rotatable bonds is 3. The van der Waals surface area contributed by atoms with Crippen LogP contribution in [0.4, 0.5) is 4.39 Å². The molecule has 0 saturated carbocycles. The fourth-order valence-corrected chi connectivity index (χ4v) is 1.22. The Labute approximate surface area is 86.9 Å². The molecule has 0 bridgehead atoms. The third-order valence-electron chi connectivity index (χ3n) is 1.94. The number of aromatic amines is 1. The predicted molar refractivity (Wildman–Crippen MR) is 54.1 cm³/mol. The van der Waals surface area contributed by atoms with Crippen molar-refractivity contribution < 1.29 is 9.13 Å². The van der Waals surface area contributed by atoms with E-state index < -0.39 is 0 Å². The van der Waals surface area contributed by atoms with Crippen molar-refractivity contribution in [1.29, 1.82) is 0 Å². The number of nitrogens with zero attached hydrogens (tertiary/aromatic N) is 1. The van der Waals surface area contributed by atoms with Gasteiger partial charge in [0.1, 0.15) is 24.0 Å². The van der Waals surface area contributed by atoms with Gasteiger partial charge in [0.2, 0.25) is 0 Å². The van der Waals surface area contributed by atoms with Crippen LogP contribution in [0.2, 0.25) is 0 Å². The van der Waals surface area contributed by atoms with E-state index in [1.807, 2.05) is 6.92 Å². The van der Waals surface area contributed by atoms with Crippen molar-refractivity contribution in [3.8, 4) is 5.75 Å². The number of hydrogen-bond donors (Lipinski definition) is 1. The second kappa shape index (κ2) is 4.13. The fourth-order valence-electron chi connectivity index (χ4n) is 1.22. The zero-order chi connectivity index (χ0) is 10.7. The number of aryl methyl sites for hydroxylation is 1. The van der Waals surface area contributed by atoms with Gasteiger partial charge in [-0.05, 0) is 31.2 Å². The van der Waals surface area contributed by atoms with Gasteiger partial charge in [-0.15, -0.1) is 0 Å². The van der Waals surface area contributed by atoms with E-state index in [4.69, 9.17) is 4.74 Å². The number of benzene rings is 1. The molecule has 0 aliphatic carbocycles. The minimum Gasteiger partial charge on any atom is -0.486 e. The molecule has 0 aliphatic heterocycles. The van der Waals surface area contributed by atoms with Crippen LogP contribution in [0, 0.1) is 12.7 Å². The summed E-state index contributed by atoms with van der Waals surface area (Å²) in [5.41, 5.74) is 0.993. The SMILES string of the molecule is Cc1cnc(COc2ccc(F)cc2)[nH]1. The Morgan fingerprint density at radius 1 is 1.33 bits per heavy atom. The summed E-state index contributed by atoms with van der Waals surface area (Å²) in [6.45, 7) is 2.29. The first-order valence-electron chi connectivity index (χ1n) is 4.63. The predicted octanol–water partition coefficient (Wildman–Crippen LogP) is 2.44. The summed E-state index contributed by atoms with van der Waals surface area (Å²) in [5, 5.41) is 0. The standard InChI is InChI=1S/C11H11FN2O/c1-8-6-13-11(14-8)7-15-10-4-2-9(12)3-5-10/h2-6H,7H2,1H3,(H,13,14). The first kappa shape index (κ1) is 9.71. The molecular formula is C11H11FN2O. The maximum Gasteiger partial charge on any atom is 0.146 e. The average molecular weight is 206 g/mol. The minimum absolute atomic E-state index is 0.267. The van der Waals surface area contributed by atoms with Crippen LogP contribution in [0.15, 0.2) is 30.5 Å². The summed E-state index contributed by atoms with van der Waals surface area (Å²) in [4.78, 5) is 7.14. The molecular weight excluding hydrogens is 195 g/mol. The van der Waals surface area contributed by atoms with E-state index in [-0.39, 0.29) is 5.82 Å². The van der Waals surface area contributed by atoms with E-state index in [0.29, 0.717) is 12.4 Å². The van der Waals surface area contributed by atoms with Crippen LogP contribution in [0.5, 0.6) is 5.75 Å². The summed E-state index contributed by atoms with van der Waals surface area (Å²) in [6.07, 6.45) is 1.74. The molecule has 0 fully saturated rings. The molecule has 1 heterocycles. The summed E-state index contributed by atoms with van der Waals surface area (Å²) < 4.78 is 18.0. The van der Waals surface area contributed by atoms with Crippen LogP contribution < -0.4 is 4.74 Å². The third kappa shape index (κ3) is 2.56. The lowest BCUT2D eigenvalue weighted by Crippen LogP contribution is -1.97. The second-order valence-corrected chi connectivity index (χ2v) is 3.26. The van der Waals surface area contributed by atoms with Crippen molar-refractivity contribution in [2.45, 2.75) is 13.5 Å². The molecule has 0 aliphatic rings. The van der Waals surface area contributed by atoms with Crippen LogP contribution in [-0.2, 0) is 6.61 Å². The summed E-state index contributed by atoms with van der Waals surface area (Å²) in [7, 11) is 0. The largest absolute Gasteiger partial charge is 0.486 e. The number of H-pyrrole nitrogens is 1. The van der Waals surface area contributed by atoms with Gasteiger partial charge in [0.05, 0.1) is 0 Å². The molecule has 1 N–H and O–H groups in total. The number of imidazole rings is 1. The highest BCUT2D eigenvalue weighted by atomic mass is 19.1. The van der Waals surface area contributed by atoms with E-state index in [1.54, 1.807) is 18.3 Å². The van der Waals surface area contributed by atoms with Gasteiger partial charge in [0, 0.05) is 11.9 Å². The first-order chi connectivity index (χ1) is 7.24. The molecule has 2 aromatic rings. The van der Waals surface area contributed by atoms with Gasteiger partial charge >= 0.3 is 0 Å². The smallest absolute Gasteiger partial charge is 0.146 e. The van der Waals surface area contributed by atoms with Crippen LogP contribution in [0.1, 0.15) is 11.5 Å². The number of aromatic nitrogens is 2. The molecule has 0 amide bonds. The van der Waals surface area contributed by atoms with E-state index >= 15 is 0 Å². The molecule has 15 heavy (non-hydrogen) atoms. The molecule has 2 rings (SSSR count). The highest BCUT2D eigenvalue weighted by Gasteiger charge is 1.99. The van der Waals surface area contributed by atoms with Crippen molar-refractivity contribution in [3.63, 3.8) is 0 Å². The van der Waals surface area contributed by atoms with E-state index in [1.165, 1.54) is 12.1 Å². The highest BCUT2D eigenvalue weighted by molar-refractivity contribution is 5.22. The van der Waals surface area contributed by atoms with Gasteiger partial charge in [0.15, 0.2) is 0 Å². The lowest BCUT2D eigenvalue weighted by atomic mass is 10.3. The molecule has 3 nitrogen and oxygen atoms in total. The quantitative estimate of drug-likeness (QED) is 0.837. The van der Waals surface area contributed by atoms with Gasteiger partial charge in [-0.2, -0.15) is 0 Å². The summed E-state index contributed by atoms with van der Waals surface area (Å²) in [6, 6.07) is 5.90. The summed E-state index contributed by atoms with van der Waals surface area (Å²) >= 11 is 0. The van der Waals surface area contributed by atoms with E-state index in [0.717, 1.165) is 11.5 Å². The van der Waals surface area contributed by atoms with Crippen LogP contribution in [-0.4, -0.2) is 9.97 Å². The minimum atomic E-state index is -0.267. The van der Waals surface area contributed by atoms with Crippen molar-refractivity contribution in [3.05, 3.63) is 47.8 Å². The Bertz CT molecular complexity index is 436. The number of nitrogens with one attached hydrogen (secondary N) is 1. The van der Waals surface area contributed by atoms with Gasteiger partial charge in [-0.3, -0.25) is 0 Å². The van der Waals surface area contributed by atoms with E-state index in [2.05, 4.69) is 9.97 Å². The zero-order valence-corrected chi connectivity index (χ0v) is 8.33. The Kier molecular flexibility index (Phi) is 2.67. The Hall–Kier alpha value is -1.84.